The molecule has 1 aromatic heterocycles. The van der Waals surface area contributed by atoms with Gasteiger partial charge in [0.2, 0.25) is 5.91 Å². The summed E-state index contributed by atoms with van der Waals surface area (Å²) in [5.41, 5.74) is 0.254. The molecule has 9 heteroatoms. The Balaban J connectivity index is 1.74. The van der Waals surface area contributed by atoms with Crippen LogP contribution in [0.2, 0.25) is 0 Å². The molecule has 0 fully saturated rings. The minimum Gasteiger partial charge on any atom is -0.445 e. The lowest BCUT2D eigenvalue weighted by Crippen LogP contribution is -2.48. The van der Waals surface area contributed by atoms with Crippen molar-refractivity contribution in [1.82, 2.24) is 16.0 Å². The molecule has 0 radical (unpaired) electrons. The van der Waals surface area contributed by atoms with Gasteiger partial charge < -0.3 is 25.4 Å². The van der Waals surface area contributed by atoms with E-state index in [1.807, 2.05) is 47.8 Å². The summed E-state index contributed by atoms with van der Waals surface area (Å²) in [5, 5.41) is 10.2. The van der Waals surface area contributed by atoms with Crippen LogP contribution in [-0.2, 0) is 27.4 Å². The number of ether oxygens (including phenoxy) is 2. The summed E-state index contributed by atoms with van der Waals surface area (Å²) in [7, 11) is 0. The van der Waals surface area contributed by atoms with E-state index in [4.69, 9.17) is 9.47 Å². The molecule has 8 nitrogen and oxygen atoms in total. The average molecular weight is 476 g/mol. The first-order chi connectivity index (χ1) is 15.7. The van der Waals surface area contributed by atoms with Crippen LogP contribution in [-0.4, -0.2) is 36.3 Å². The molecule has 0 unspecified atom stereocenters. The van der Waals surface area contributed by atoms with Crippen LogP contribution in [0.3, 0.4) is 0 Å². The molecule has 0 aliphatic rings. The first-order valence-corrected chi connectivity index (χ1v) is 11.8. The number of alkyl carbamates (subject to hydrolysis) is 2. The van der Waals surface area contributed by atoms with Crippen molar-refractivity contribution in [2.75, 3.05) is 6.54 Å². The van der Waals surface area contributed by atoms with E-state index in [0.717, 1.165) is 10.4 Å². The Labute approximate surface area is 199 Å². The number of nitrogens with one attached hydrogen (secondary N) is 3. The van der Waals surface area contributed by atoms with Crippen molar-refractivity contribution in [3.63, 3.8) is 0 Å². The Hall–Kier alpha value is -3.07. The van der Waals surface area contributed by atoms with E-state index in [9.17, 15) is 14.4 Å². The minimum atomic E-state index is -0.732. The van der Waals surface area contributed by atoms with Crippen LogP contribution in [0.15, 0.2) is 47.8 Å². The van der Waals surface area contributed by atoms with Crippen LogP contribution in [0.5, 0.6) is 0 Å². The first kappa shape index (κ1) is 26.2. The molecule has 3 amide bonds. The van der Waals surface area contributed by atoms with E-state index in [1.54, 1.807) is 32.1 Å². The summed E-state index contributed by atoms with van der Waals surface area (Å²) in [4.78, 5) is 37.7. The van der Waals surface area contributed by atoms with E-state index in [2.05, 4.69) is 16.0 Å². The third-order valence-corrected chi connectivity index (χ3v) is 5.30. The standard InChI is InChI=1S/C24H33N3O5S/c1-24(2,3)32-23(30)27-20(21(28)26-16-19-12-9-15-33-19)13-7-8-14-25-22(29)31-17-18-10-5-4-6-11-18/h4-6,9-12,15,20H,7-8,13-14,16-17H2,1-3H3,(H,25,29)(H,26,28)(H,27,30)/t20-/m0/s1. The zero-order chi connectivity index (χ0) is 24.1. The molecule has 2 aromatic rings. The number of carbonyl (C=O) groups is 3. The van der Waals surface area contributed by atoms with Crippen molar-refractivity contribution in [1.29, 1.82) is 0 Å². The van der Waals surface area contributed by atoms with Crippen LogP contribution in [0.4, 0.5) is 9.59 Å². The zero-order valence-electron chi connectivity index (χ0n) is 19.4. The number of rotatable bonds is 11. The molecule has 0 saturated carbocycles. The lowest BCUT2D eigenvalue weighted by molar-refractivity contribution is -0.123. The lowest BCUT2D eigenvalue weighted by atomic mass is 10.1. The molecular weight excluding hydrogens is 442 g/mol. The van der Waals surface area contributed by atoms with E-state index in [-0.39, 0.29) is 12.5 Å². The van der Waals surface area contributed by atoms with Gasteiger partial charge >= 0.3 is 12.2 Å². The largest absolute Gasteiger partial charge is 0.445 e. The summed E-state index contributed by atoms with van der Waals surface area (Å²) in [5.74, 6) is -0.274. The normalized spacial score (nSPS) is 11.8. The quantitative estimate of drug-likeness (QED) is 0.419. The second-order valence-electron chi connectivity index (χ2n) is 8.48. The highest BCUT2D eigenvalue weighted by atomic mass is 32.1. The van der Waals surface area contributed by atoms with Gasteiger partial charge in [0.25, 0.3) is 0 Å². The fraction of sp³-hybridized carbons (Fsp3) is 0.458. The second kappa shape index (κ2) is 13.5. The third kappa shape index (κ3) is 11.4. The SMILES string of the molecule is CC(C)(C)OC(=O)N[C@@H](CCCCNC(=O)OCc1ccccc1)C(=O)NCc1cccs1. The molecule has 0 aliphatic carbocycles. The Kier molecular flexibility index (Phi) is 10.7. The van der Waals surface area contributed by atoms with Crippen molar-refractivity contribution < 1.29 is 23.9 Å². The molecule has 1 aromatic carbocycles. The van der Waals surface area contributed by atoms with Crippen LogP contribution in [0.1, 0.15) is 50.5 Å². The number of amides is 3. The van der Waals surface area contributed by atoms with Crippen LogP contribution in [0, 0.1) is 0 Å². The summed E-state index contributed by atoms with van der Waals surface area (Å²) < 4.78 is 10.5. The molecule has 2 rings (SSSR count). The zero-order valence-corrected chi connectivity index (χ0v) is 20.2. The summed E-state index contributed by atoms with van der Waals surface area (Å²) in [6.07, 6.45) is 0.533. The van der Waals surface area contributed by atoms with Crippen molar-refractivity contribution in [2.24, 2.45) is 0 Å². The number of hydrogen-bond acceptors (Lipinski definition) is 6. The van der Waals surface area contributed by atoms with Crippen molar-refractivity contribution in [2.45, 2.75) is 64.8 Å². The first-order valence-electron chi connectivity index (χ1n) is 11.0. The summed E-state index contributed by atoms with van der Waals surface area (Å²) >= 11 is 1.55. The summed E-state index contributed by atoms with van der Waals surface area (Å²) in [6.45, 7) is 6.31. The fourth-order valence-corrected chi connectivity index (χ4v) is 3.51. The minimum absolute atomic E-state index is 0.207. The van der Waals surface area contributed by atoms with E-state index < -0.39 is 23.8 Å². The average Bonchev–Trinajstić information content (AvgIpc) is 3.28. The highest BCUT2D eigenvalue weighted by molar-refractivity contribution is 7.09. The number of thiophene rings is 1. The van der Waals surface area contributed by atoms with Gasteiger partial charge in [0.05, 0.1) is 6.54 Å². The summed E-state index contributed by atoms with van der Waals surface area (Å²) in [6, 6.07) is 12.6. The fourth-order valence-electron chi connectivity index (χ4n) is 2.87. The molecule has 0 bridgehead atoms. The molecule has 0 saturated heterocycles. The molecule has 0 aliphatic heterocycles. The van der Waals surface area contributed by atoms with Gasteiger partial charge in [0, 0.05) is 11.4 Å². The number of hydrogen-bond donors (Lipinski definition) is 3. The molecule has 33 heavy (non-hydrogen) atoms. The van der Waals surface area contributed by atoms with E-state index >= 15 is 0 Å². The van der Waals surface area contributed by atoms with Crippen LogP contribution < -0.4 is 16.0 Å². The topological polar surface area (TPSA) is 106 Å². The number of benzene rings is 1. The Morgan fingerprint density at radius 3 is 2.39 bits per heavy atom. The van der Waals surface area contributed by atoms with Crippen molar-refractivity contribution >= 4 is 29.4 Å². The number of unbranched alkanes of at least 4 members (excludes halogenated alkanes) is 1. The van der Waals surface area contributed by atoms with Gasteiger partial charge in [-0.05, 0) is 57.0 Å². The predicted molar refractivity (Wildman–Crippen MR) is 128 cm³/mol. The molecular formula is C24H33N3O5S. The van der Waals surface area contributed by atoms with Gasteiger partial charge in [0.15, 0.2) is 0 Å². The van der Waals surface area contributed by atoms with Gasteiger partial charge in [-0.15, -0.1) is 11.3 Å². The van der Waals surface area contributed by atoms with Crippen molar-refractivity contribution in [3.8, 4) is 0 Å². The molecule has 3 N–H and O–H groups in total. The van der Waals surface area contributed by atoms with E-state index in [1.165, 1.54) is 0 Å². The number of carbonyl (C=O) groups excluding carboxylic acids is 3. The lowest BCUT2D eigenvalue weighted by Gasteiger charge is -2.23. The smallest absolute Gasteiger partial charge is 0.408 e. The monoisotopic (exact) mass is 475 g/mol. The maximum absolute atomic E-state index is 12.7. The molecule has 180 valence electrons. The van der Waals surface area contributed by atoms with Gasteiger partial charge in [0.1, 0.15) is 18.2 Å². The maximum atomic E-state index is 12.7. The Bertz CT molecular complexity index is 866. The predicted octanol–water partition coefficient (Wildman–Crippen LogP) is 4.35. The third-order valence-electron chi connectivity index (χ3n) is 4.43. The van der Waals surface area contributed by atoms with Crippen LogP contribution >= 0.6 is 11.3 Å². The van der Waals surface area contributed by atoms with Crippen LogP contribution in [0.25, 0.3) is 0 Å². The van der Waals surface area contributed by atoms with Gasteiger partial charge in [-0.2, -0.15) is 0 Å². The molecule has 1 heterocycles. The molecule has 0 spiro atoms. The highest BCUT2D eigenvalue weighted by Gasteiger charge is 2.24. The Morgan fingerprint density at radius 2 is 1.73 bits per heavy atom. The van der Waals surface area contributed by atoms with Gasteiger partial charge in [-0.3, -0.25) is 4.79 Å². The van der Waals surface area contributed by atoms with E-state index in [0.29, 0.717) is 32.4 Å². The highest BCUT2D eigenvalue weighted by Crippen LogP contribution is 2.10. The maximum Gasteiger partial charge on any atom is 0.408 e. The molecule has 1 atom stereocenters. The van der Waals surface area contributed by atoms with Gasteiger partial charge in [-0.1, -0.05) is 36.4 Å². The second-order valence-corrected chi connectivity index (χ2v) is 9.51. The van der Waals surface area contributed by atoms with Crippen molar-refractivity contribution in [3.05, 3.63) is 58.3 Å². The van der Waals surface area contributed by atoms with Gasteiger partial charge in [-0.25, -0.2) is 9.59 Å². The Morgan fingerprint density at radius 1 is 0.970 bits per heavy atom.